The van der Waals surface area contributed by atoms with Crippen molar-refractivity contribution in [3.05, 3.63) is 11.9 Å². The standard InChI is InChI=1S/C14H27N5/c1-11-16-12(15-8-7-9-19(5)6)10-13(17-11)18-14(2,3)4/h10H,7-9H2,1-6H3,(H2,15,16,17,18). The lowest BCUT2D eigenvalue weighted by atomic mass is 10.1. The van der Waals surface area contributed by atoms with E-state index < -0.39 is 0 Å². The number of hydrogen-bond acceptors (Lipinski definition) is 5. The summed E-state index contributed by atoms with van der Waals surface area (Å²) in [6, 6.07) is 1.97. The van der Waals surface area contributed by atoms with Crippen LogP contribution in [0.15, 0.2) is 6.07 Å². The van der Waals surface area contributed by atoms with E-state index in [0.29, 0.717) is 0 Å². The van der Waals surface area contributed by atoms with Gasteiger partial charge in [-0.05, 0) is 54.8 Å². The molecule has 0 radical (unpaired) electrons. The second-order valence-electron chi connectivity index (χ2n) is 6.14. The fourth-order valence-electron chi connectivity index (χ4n) is 1.72. The lowest BCUT2D eigenvalue weighted by Gasteiger charge is -2.21. The Hall–Kier alpha value is -1.36. The van der Waals surface area contributed by atoms with Crippen LogP contribution in [0, 0.1) is 6.92 Å². The van der Waals surface area contributed by atoms with Gasteiger partial charge >= 0.3 is 0 Å². The van der Waals surface area contributed by atoms with Gasteiger partial charge in [-0.25, -0.2) is 9.97 Å². The normalized spacial score (nSPS) is 11.7. The van der Waals surface area contributed by atoms with E-state index in [9.17, 15) is 0 Å². The number of nitrogens with one attached hydrogen (secondary N) is 2. The maximum absolute atomic E-state index is 4.41. The number of aromatic nitrogens is 2. The van der Waals surface area contributed by atoms with E-state index in [1.165, 1.54) is 0 Å². The van der Waals surface area contributed by atoms with Crippen LogP contribution in [0.5, 0.6) is 0 Å². The van der Waals surface area contributed by atoms with E-state index in [0.717, 1.165) is 37.0 Å². The summed E-state index contributed by atoms with van der Waals surface area (Å²) < 4.78 is 0. The van der Waals surface area contributed by atoms with E-state index in [1.807, 2.05) is 13.0 Å². The Morgan fingerprint density at radius 3 is 2.37 bits per heavy atom. The van der Waals surface area contributed by atoms with E-state index in [2.05, 4.69) is 60.4 Å². The van der Waals surface area contributed by atoms with Gasteiger partial charge in [-0.15, -0.1) is 0 Å². The maximum atomic E-state index is 4.41. The highest BCUT2D eigenvalue weighted by Gasteiger charge is 2.11. The molecular weight excluding hydrogens is 238 g/mol. The monoisotopic (exact) mass is 265 g/mol. The molecule has 0 aliphatic rings. The number of hydrogen-bond donors (Lipinski definition) is 2. The first-order valence-electron chi connectivity index (χ1n) is 6.79. The van der Waals surface area contributed by atoms with Crippen LogP contribution in [0.1, 0.15) is 33.0 Å². The summed E-state index contributed by atoms with van der Waals surface area (Å²) in [6.07, 6.45) is 1.10. The minimum atomic E-state index is 0.00296. The van der Waals surface area contributed by atoms with Gasteiger partial charge in [0.25, 0.3) is 0 Å². The second kappa shape index (κ2) is 6.70. The van der Waals surface area contributed by atoms with Crippen LogP contribution in [0.4, 0.5) is 11.6 Å². The highest BCUT2D eigenvalue weighted by Crippen LogP contribution is 2.15. The Balaban J connectivity index is 2.58. The molecule has 5 nitrogen and oxygen atoms in total. The van der Waals surface area contributed by atoms with Gasteiger partial charge in [0.2, 0.25) is 0 Å². The first-order chi connectivity index (χ1) is 8.76. The second-order valence-corrected chi connectivity index (χ2v) is 6.14. The van der Waals surface area contributed by atoms with Crippen molar-refractivity contribution in [1.29, 1.82) is 0 Å². The third-order valence-corrected chi connectivity index (χ3v) is 2.43. The average molecular weight is 265 g/mol. The molecule has 5 heteroatoms. The fraction of sp³-hybridized carbons (Fsp3) is 0.714. The average Bonchev–Trinajstić information content (AvgIpc) is 2.20. The van der Waals surface area contributed by atoms with Gasteiger partial charge in [0.15, 0.2) is 0 Å². The van der Waals surface area contributed by atoms with Crippen molar-refractivity contribution in [2.24, 2.45) is 0 Å². The molecular formula is C14H27N5. The predicted molar refractivity (Wildman–Crippen MR) is 81.8 cm³/mol. The highest BCUT2D eigenvalue weighted by atomic mass is 15.1. The van der Waals surface area contributed by atoms with E-state index in [-0.39, 0.29) is 5.54 Å². The van der Waals surface area contributed by atoms with Crippen molar-refractivity contribution in [1.82, 2.24) is 14.9 Å². The summed E-state index contributed by atoms with van der Waals surface area (Å²) >= 11 is 0. The van der Waals surface area contributed by atoms with Crippen molar-refractivity contribution in [2.75, 3.05) is 37.8 Å². The SMILES string of the molecule is Cc1nc(NCCCN(C)C)cc(NC(C)(C)C)n1. The molecule has 108 valence electrons. The molecule has 1 heterocycles. The first kappa shape index (κ1) is 15.7. The van der Waals surface area contributed by atoms with E-state index in [4.69, 9.17) is 0 Å². The smallest absolute Gasteiger partial charge is 0.132 e. The molecule has 0 aliphatic heterocycles. The Bertz CT molecular complexity index is 395. The van der Waals surface area contributed by atoms with E-state index >= 15 is 0 Å². The Labute approximate surface area is 116 Å². The molecule has 0 unspecified atom stereocenters. The molecule has 0 atom stereocenters. The number of anilines is 2. The largest absolute Gasteiger partial charge is 0.370 e. The summed E-state index contributed by atoms with van der Waals surface area (Å²) in [7, 11) is 4.17. The fourth-order valence-corrected chi connectivity index (χ4v) is 1.72. The summed E-state index contributed by atoms with van der Waals surface area (Å²) in [5, 5.41) is 6.72. The summed E-state index contributed by atoms with van der Waals surface area (Å²) in [4.78, 5) is 11.0. The van der Waals surface area contributed by atoms with Gasteiger partial charge < -0.3 is 15.5 Å². The topological polar surface area (TPSA) is 53.1 Å². The van der Waals surface area contributed by atoms with Crippen LogP contribution < -0.4 is 10.6 Å². The van der Waals surface area contributed by atoms with Gasteiger partial charge in [-0.1, -0.05) is 0 Å². The predicted octanol–water partition coefficient (Wildman–Crippen LogP) is 2.36. The van der Waals surface area contributed by atoms with Gasteiger partial charge in [0.05, 0.1) is 0 Å². The minimum absolute atomic E-state index is 0.00296. The zero-order chi connectivity index (χ0) is 14.5. The van der Waals surface area contributed by atoms with Crippen LogP contribution in [0.25, 0.3) is 0 Å². The van der Waals surface area contributed by atoms with Gasteiger partial charge in [0.1, 0.15) is 17.5 Å². The molecule has 19 heavy (non-hydrogen) atoms. The molecule has 2 N–H and O–H groups in total. The van der Waals surface area contributed by atoms with Crippen LogP contribution in [0.3, 0.4) is 0 Å². The molecule has 0 bridgehead atoms. The van der Waals surface area contributed by atoms with Crippen LogP contribution in [-0.4, -0.2) is 47.6 Å². The molecule has 0 aliphatic carbocycles. The molecule has 1 aromatic rings. The third-order valence-electron chi connectivity index (χ3n) is 2.43. The van der Waals surface area contributed by atoms with Gasteiger partial charge in [-0.3, -0.25) is 0 Å². The summed E-state index contributed by atoms with van der Waals surface area (Å²) in [6.45, 7) is 10.3. The Morgan fingerprint density at radius 2 is 1.79 bits per heavy atom. The summed E-state index contributed by atoms with van der Waals surface area (Å²) in [5.74, 6) is 2.54. The quantitative estimate of drug-likeness (QED) is 0.773. The van der Waals surface area contributed by atoms with Crippen molar-refractivity contribution >= 4 is 11.6 Å². The van der Waals surface area contributed by atoms with Crippen molar-refractivity contribution in [2.45, 2.75) is 39.7 Å². The van der Waals surface area contributed by atoms with Crippen LogP contribution in [-0.2, 0) is 0 Å². The number of nitrogens with zero attached hydrogens (tertiary/aromatic N) is 3. The lowest BCUT2D eigenvalue weighted by Crippen LogP contribution is -2.27. The summed E-state index contributed by atoms with van der Waals surface area (Å²) in [5.41, 5.74) is 0.00296. The van der Waals surface area contributed by atoms with Crippen LogP contribution in [0.2, 0.25) is 0 Å². The van der Waals surface area contributed by atoms with E-state index in [1.54, 1.807) is 0 Å². The molecule has 0 amide bonds. The Kier molecular flexibility index (Phi) is 5.54. The molecule has 1 aromatic heterocycles. The van der Waals surface area contributed by atoms with Crippen molar-refractivity contribution < 1.29 is 0 Å². The third kappa shape index (κ3) is 6.96. The molecule has 0 aromatic carbocycles. The highest BCUT2D eigenvalue weighted by molar-refractivity contribution is 5.48. The molecule has 0 spiro atoms. The molecule has 0 fully saturated rings. The Morgan fingerprint density at radius 1 is 1.16 bits per heavy atom. The minimum Gasteiger partial charge on any atom is -0.370 e. The first-order valence-corrected chi connectivity index (χ1v) is 6.79. The molecule has 0 saturated carbocycles. The van der Waals surface area contributed by atoms with Crippen molar-refractivity contribution in [3.63, 3.8) is 0 Å². The molecule has 1 rings (SSSR count). The number of aryl methyl sites for hydroxylation is 1. The lowest BCUT2D eigenvalue weighted by molar-refractivity contribution is 0.405. The maximum Gasteiger partial charge on any atom is 0.132 e. The number of rotatable bonds is 6. The van der Waals surface area contributed by atoms with Gasteiger partial charge in [0, 0.05) is 18.2 Å². The zero-order valence-electron chi connectivity index (χ0n) is 13.0. The zero-order valence-corrected chi connectivity index (χ0v) is 13.0. The molecule has 0 saturated heterocycles. The van der Waals surface area contributed by atoms with Crippen molar-refractivity contribution in [3.8, 4) is 0 Å². The van der Waals surface area contributed by atoms with Crippen LogP contribution >= 0.6 is 0 Å². The van der Waals surface area contributed by atoms with Gasteiger partial charge in [-0.2, -0.15) is 0 Å².